The van der Waals surface area contributed by atoms with E-state index in [1.54, 1.807) is 11.3 Å². The predicted molar refractivity (Wildman–Crippen MR) is 67.0 cm³/mol. The van der Waals surface area contributed by atoms with Gasteiger partial charge in [-0.25, -0.2) is 0 Å². The standard InChI is InChI=1S/C10H12BrN3S/c1-12-6-8-7(5-13-14(8)2)9-3-4-10(11)15-9/h3-5,12H,6H2,1-2H3. The Balaban J connectivity index is 2.43. The Morgan fingerprint density at radius 1 is 1.53 bits per heavy atom. The van der Waals surface area contributed by atoms with Crippen molar-refractivity contribution in [2.75, 3.05) is 7.05 Å². The molecule has 0 aliphatic heterocycles. The van der Waals surface area contributed by atoms with Gasteiger partial charge in [0.2, 0.25) is 0 Å². The molecule has 0 radical (unpaired) electrons. The van der Waals surface area contributed by atoms with Gasteiger partial charge in [-0.2, -0.15) is 5.10 Å². The molecule has 5 heteroatoms. The highest BCUT2D eigenvalue weighted by Crippen LogP contribution is 2.32. The van der Waals surface area contributed by atoms with E-state index in [4.69, 9.17) is 0 Å². The number of aromatic nitrogens is 2. The van der Waals surface area contributed by atoms with Crippen LogP contribution in [0.1, 0.15) is 5.69 Å². The second-order valence-electron chi connectivity index (χ2n) is 3.26. The molecule has 0 fully saturated rings. The third-order valence-electron chi connectivity index (χ3n) is 2.24. The summed E-state index contributed by atoms with van der Waals surface area (Å²) in [5.41, 5.74) is 2.43. The first-order valence-electron chi connectivity index (χ1n) is 4.63. The molecular weight excluding hydrogens is 274 g/mol. The van der Waals surface area contributed by atoms with E-state index in [1.165, 1.54) is 16.1 Å². The van der Waals surface area contributed by atoms with Crippen molar-refractivity contribution in [2.45, 2.75) is 6.54 Å². The van der Waals surface area contributed by atoms with E-state index in [0.717, 1.165) is 10.3 Å². The number of thiophene rings is 1. The summed E-state index contributed by atoms with van der Waals surface area (Å²) in [7, 11) is 3.92. The zero-order chi connectivity index (χ0) is 10.8. The summed E-state index contributed by atoms with van der Waals surface area (Å²) < 4.78 is 3.07. The molecule has 1 N–H and O–H groups in total. The van der Waals surface area contributed by atoms with Gasteiger partial charge < -0.3 is 5.32 Å². The minimum atomic E-state index is 0.835. The van der Waals surface area contributed by atoms with Crippen LogP contribution in [-0.4, -0.2) is 16.8 Å². The number of aryl methyl sites for hydroxylation is 1. The maximum absolute atomic E-state index is 4.29. The van der Waals surface area contributed by atoms with Gasteiger partial charge >= 0.3 is 0 Å². The molecule has 3 nitrogen and oxygen atoms in total. The number of rotatable bonds is 3. The fraction of sp³-hybridized carbons (Fsp3) is 0.300. The summed E-state index contributed by atoms with van der Waals surface area (Å²) in [5.74, 6) is 0. The molecule has 2 aromatic rings. The summed E-state index contributed by atoms with van der Waals surface area (Å²) in [6.45, 7) is 0.835. The highest BCUT2D eigenvalue weighted by molar-refractivity contribution is 9.11. The van der Waals surface area contributed by atoms with Crippen molar-refractivity contribution in [2.24, 2.45) is 7.05 Å². The highest BCUT2D eigenvalue weighted by Gasteiger charge is 2.11. The van der Waals surface area contributed by atoms with Crippen LogP contribution < -0.4 is 5.32 Å². The maximum Gasteiger partial charge on any atom is 0.0705 e. The SMILES string of the molecule is CNCc1c(-c2ccc(Br)s2)cnn1C. The Morgan fingerprint density at radius 2 is 2.33 bits per heavy atom. The summed E-state index contributed by atoms with van der Waals surface area (Å²) in [5, 5.41) is 7.45. The molecule has 0 saturated carbocycles. The number of hydrogen-bond donors (Lipinski definition) is 1. The third-order valence-corrected chi connectivity index (χ3v) is 3.90. The fourth-order valence-corrected chi connectivity index (χ4v) is 2.92. The Labute approximate surface area is 101 Å². The van der Waals surface area contributed by atoms with Gasteiger partial charge in [0.1, 0.15) is 0 Å². The zero-order valence-corrected chi connectivity index (χ0v) is 11.0. The largest absolute Gasteiger partial charge is 0.314 e. The van der Waals surface area contributed by atoms with Crippen molar-refractivity contribution >= 4 is 27.3 Å². The lowest BCUT2D eigenvalue weighted by Crippen LogP contribution is -2.10. The average Bonchev–Trinajstić information content (AvgIpc) is 2.76. The van der Waals surface area contributed by atoms with E-state index in [0.29, 0.717) is 0 Å². The van der Waals surface area contributed by atoms with Crippen LogP contribution in [0.5, 0.6) is 0 Å². The molecule has 15 heavy (non-hydrogen) atoms. The maximum atomic E-state index is 4.29. The van der Waals surface area contributed by atoms with Crippen molar-refractivity contribution in [1.29, 1.82) is 0 Å². The van der Waals surface area contributed by atoms with Crippen molar-refractivity contribution in [3.8, 4) is 10.4 Å². The molecule has 0 amide bonds. The number of nitrogens with zero attached hydrogens (tertiary/aromatic N) is 2. The lowest BCUT2D eigenvalue weighted by atomic mass is 10.2. The second-order valence-corrected chi connectivity index (χ2v) is 5.73. The molecule has 0 aliphatic carbocycles. The number of nitrogens with one attached hydrogen (secondary N) is 1. The minimum Gasteiger partial charge on any atom is -0.314 e. The summed E-state index contributed by atoms with van der Waals surface area (Å²) in [6.07, 6.45) is 1.92. The van der Waals surface area contributed by atoms with Gasteiger partial charge in [0.15, 0.2) is 0 Å². The van der Waals surface area contributed by atoms with Crippen LogP contribution in [0.15, 0.2) is 22.1 Å². The molecule has 2 heterocycles. The predicted octanol–water partition coefficient (Wildman–Crippen LogP) is 2.63. The summed E-state index contributed by atoms with van der Waals surface area (Å²) in [4.78, 5) is 1.25. The van der Waals surface area contributed by atoms with Gasteiger partial charge in [-0.05, 0) is 35.1 Å². The van der Waals surface area contributed by atoms with Crippen LogP contribution in [0.2, 0.25) is 0 Å². The van der Waals surface area contributed by atoms with Crippen molar-refractivity contribution < 1.29 is 0 Å². The minimum absolute atomic E-state index is 0.835. The molecule has 0 aromatic carbocycles. The van der Waals surface area contributed by atoms with Gasteiger partial charge in [0.25, 0.3) is 0 Å². The molecule has 0 saturated heterocycles. The number of hydrogen-bond acceptors (Lipinski definition) is 3. The summed E-state index contributed by atoms with van der Waals surface area (Å²) >= 11 is 5.21. The molecule has 2 rings (SSSR count). The molecule has 0 bridgehead atoms. The van der Waals surface area contributed by atoms with Crippen LogP contribution in [0, 0.1) is 0 Å². The Morgan fingerprint density at radius 3 is 2.93 bits per heavy atom. The Kier molecular flexibility index (Phi) is 3.23. The lowest BCUT2D eigenvalue weighted by molar-refractivity contribution is 0.673. The first-order chi connectivity index (χ1) is 7.22. The van der Waals surface area contributed by atoms with Gasteiger partial charge in [0, 0.05) is 24.0 Å². The molecule has 0 aliphatic rings. The third kappa shape index (κ3) is 2.14. The van der Waals surface area contributed by atoms with E-state index in [-0.39, 0.29) is 0 Å². The van der Waals surface area contributed by atoms with Gasteiger partial charge in [-0.1, -0.05) is 0 Å². The van der Waals surface area contributed by atoms with Gasteiger partial charge in [-0.3, -0.25) is 4.68 Å². The van der Waals surface area contributed by atoms with E-state index < -0.39 is 0 Å². The number of halogens is 1. The molecular formula is C10H12BrN3S. The van der Waals surface area contributed by atoms with Crippen molar-refractivity contribution in [1.82, 2.24) is 15.1 Å². The van der Waals surface area contributed by atoms with E-state index in [2.05, 4.69) is 38.5 Å². The second kappa shape index (κ2) is 4.47. The average molecular weight is 286 g/mol. The van der Waals surface area contributed by atoms with E-state index in [1.807, 2.05) is 25.0 Å². The first kappa shape index (κ1) is 10.9. The first-order valence-corrected chi connectivity index (χ1v) is 6.24. The van der Waals surface area contributed by atoms with Crippen LogP contribution in [0.25, 0.3) is 10.4 Å². The molecule has 80 valence electrons. The van der Waals surface area contributed by atoms with E-state index in [9.17, 15) is 0 Å². The Bertz CT molecular complexity index is 461. The zero-order valence-electron chi connectivity index (χ0n) is 8.62. The van der Waals surface area contributed by atoms with Gasteiger partial charge in [-0.15, -0.1) is 11.3 Å². The van der Waals surface area contributed by atoms with Gasteiger partial charge in [0.05, 0.1) is 15.7 Å². The smallest absolute Gasteiger partial charge is 0.0705 e. The van der Waals surface area contributed by atoms with Crippen LogP contribution in [0.4, 0.5) is 0 Å². The topological polar surface area (TPSA) is 29.9 Å². The molecule has 0 unspecified atom stereocenters. The molecule has 0 atom stereocenters. The Hall–Kier alpha value is -0.650. The molecule has 0 spiro atoms. The lowest BCUT2D eigenvalue weighted by Gasteiger charge is -2.03. The van der Waals surface area contributed by atoms with E-state index >= 15 is 0 Å². The quantitative estimate of drug-likeness (QED) is 0.940. The highest BCUT2D eigenvalue weighted by atomic mass is 79.9. The monoisotopic (exact) mass is 285 g/mol. The van der Waals surface area contributed by atoms with Crippen molar-refractivity contribution in [3.05, 3.63) is 27.8 Å². The van der Waals surface area contributed by atoms with Crippen LogP contribution >= 0.6 is 27.3 Å². The van der Waals surface area contributed by atoms with Crippen LogP contribution in [-0.2, 0) is 13.6 Å². The van der Waals surface area contributed by atoms with Crippen molar-refractivity contribution in [3.63, 3.8) is 0 Å². The normalized spacial score (nSPS) is 10.9. The summed E-state index contributed by atoms with van der Waals surface area (Å²) in [6, 6.07) is 4.18. The fourth-order valence-electron chi connectivity index (χ4n) is 1.50. The van der Waals surface area contributed by atoms with Crippen LogP contribution in [0.3, 0.4) is 0 Å². The molecule has 2 aromatic heterocycles.